The van der Waals surface area contributed by atoms with E-state index in [-0.39, 0.29) is 24.8 Å². The molecule has 3 aromatic heterocycles. The van der Waals surface area contributed by atoms with Gasteiger partial charge in [0, 0.05) is 55.6 Å². The van der Waals surface area contributed by atoms with Crippen LogP contribution in [0, 0.1) is 6.92 Å². The molecule has 1 fully saturated rings. The number of hydrogen-bond acceptors (Lipinski definition) is 8. The summed E-state index contributed by atoms with van der Waals surface area (Å²) >= 11 is 1.79. The van der Waals surface area contributed by atoms with E-state index in [0.717, 1.165) is 108 Å². The van der Waals surface area contributed by atoms with Gasteiger partial charge in [0.25, 0.3) is 6.01 Å². The van der Waals surface area contributed by atoms with Gasteiger partial charge in [-0.1, -0.05) is 30.0 Å². The Morgan fingerprint density at radius 3 is 2.47 bits per heavy atom. The highest BCUT2D eigenvalue weighted by molar-refractivity contribution is 7.99. The van der Waals surface area contributed by atoms with E-state index in [0.29, 0.717) is 0 Å². The number of aryl methyl sites for hydroxylation is 1. The smallest absolute Gasteiger partial charge is 0.298 e. The molecule has 0 unspecified atom stereocenters. The predicted octanol–water partition coefficient (Wildman–Crippen LogP) is 6.90. The topological polar surface area (TPSA) is 76.1 Å². The summed E-state index contributed by atoms with van der Waals surface area (Å²) in [7, 11) is 2.06. The minimum Gasteiger partial charge on any atom is -0.423 e. The molecule has 0 radical (unpaired) electrons. The lowest BCUT2D eigenvalue weighted by atomic mass is 10.0. The second-order valence-corrected chi connectivity index (χ2v) is 12.4. The van der Waals surface area contributed by atoms with E-state index in [9.17, 15) is 0 Å². The molecule has 2 aliphatic rings. The number of fused-ring (bicyclic) bond motifs is 3. The number of aromatic nitrogens is 5. The van der Waals surface area contributed by atoms with Crippen molar-refractivity contribution in [3.63, 3.8) is 0 Å². The minimum absolute atomic E-state index is 0. The fraction of sp³-hybridized carbons (Fsp3) is 0.438. The van der Waals surface area contributed by atoms with Gasteiger partial charge in [-0.05, 0) is 87.4 Å². The van der Waals surface area contributed by atoms with Crippen LogP contribution in [0.2, 0.25) is 0 Å². The average Bonchev–Trinajstić information content (AvgIpc) is 3.52. The van der Waals surface area contributed by atoms with Crippen molar-refractivity contribution in [3.8, 4) is 11.4 Å². The Labute approximate surface area is 269 Å². The number of nitrogens with zero attached hydrogens (tertiary/aromatic N) is 7. The van der Waals surface area contributed by atoms with Crippen LogP contribution in [0.25, 0.3) is 33.4 Å². The maximum absolute atomic E-state index is 6.21. The Bertz CT molecular complexity index is 1650. The first-order valence-electron chi connectivity index (χ1n) is 14.9. The summed E-state index contributed by atoms with van der Waals surface area (Å²) in [6.45, 7) is 7.39. The summed E-state index contributed by atoms with van der Waals surface area (Å²) in [5.41, 5.74) is 7.88. The predicted molar refractivity (Wildman–Crippen MR) is 180 cm³/mol. The summed E-state index contributed by atoms with van der Waals surface area (Å²) in [5, 5.41) is 11.1. The maximum atomic E-state index is 6.21. The Morgan fingerprint density at radius 2 is 1.65 bits per heavy atom. The molecule has 0 N–H and O–H groups in total. The summed E-state index contributed by atoms with van der Waals surface area (Å²) in [6.07, 6.45) is 7.01. The van der Waals surface area contributed by atoms with Gasteiger partial charge in [0.15, 0.2) is 16.6 Å². The van der Waals surface area contributed by atoms with E-state index in [2.05, 4.69) is 73.0 Å². The van der Waals surface area contributed by atoms with Gasteiger partial charge < -0.3 is 18.8 Å². The highest BCUT2D eigenvalue weighted by Gasteiger charge is 2.20. The molecule has 1 saturated heterocycles. The van der Waals surface area contributed by atoms with Crippen molar-refractivity contribution in [1.29, 1.82) is 0 Å². The fourth-order valence-corrected chi connectivity index (χ4v) is 7.04. The van der Waals surface area contributed by atoms with Crippen molar-refractivity contribution in [2.75, 3.05) is 43.4 Å². The van der Waals surface area contributed by atoms with Crippen LogP contribution in [0.15, 0.2) is 52.0 Å². The zero-order valence-corrected chi connectivity index (χ0v) is 27.2. The number of rotatable bonds is 7. The van der Waals surface area contributed by atoms with Crippen LogP contribution < -0.4 is 4.90 Å². The van der Waals surface area contributed by atoms with Crippen molar-refractivity contribution in [1.82, 2.24) is 29.6 Å². The van der Waals surface area contributed by atoms with Gasteiger partial charge in [0.2, 0.25) is 0 Å². The summed E-state index contributed by atoms with van der Waals surface area (Å²) in [6, 6.07) is 15.7. The molecule has 0 amide bonds. The molecule has 2 aromatic carbocycles. The molecule has 0 saturated carbocycles. The number of pyridine rings is 1. The third-order valence-electron chi connectivity index (χ3n) is 8.52. The molecule has 0 atom stereocenters. The van der Waals surface area contributed by atoms with Crippen molar-refractivity contribution in [2.45, 2.75) is 50.6 Å². The molecule has 11 heteroatoms. The number of hydrogen-bond donors (Lipinski definition) is 0. The lowest BCUT2D eigenvalue weighted by Gasteiger charge is -2.24. The molecule has 7 rings (SSSR count). The molecular formula is C32H39Cl2N7OS. The van der Waals surface area contributed by atoms with Crippen molar-refractivity contribution >= 4 is 64.6 Å². The number of anilines is 1. The molecule has 43 heavy (non-hydrogen) atoms. The van der Waals surface area contributed by atoms with Crippen LogP contribution in [0.4, 0.5) is 6.01 Å². The number of oxazole rings is 1. The van der Waals surface area contributed by atoms with Gasteiger partial charge in [-0.2, -0.15) is 4.98 Å². The first-order chi connectivity index (χ1) is 20.1. The second-order valence-electron chi connectivity index (χ2n) is 11.4. The lowest BCUT2D eigenvalue weighted by Crippen LogP contribution is -2.29. The summed E-state index contributed by atoms with van der Waals surface area (Å²) in [4.78, 5) is 14.4. The highest BCUT2D eigenvalue weighted by Crippen LogP contribution is 2.30. The van der Waals surface area contributed by atoms with Crippen LogP contribution in [-0.4, -0.2) is 68.1 Å². The van der Waals surface area contributed by atoms with Crippen LogP contribution in [-0.2, 0) is 19.9 Å². The van der Waals surface area contributed by atoms with Gasteiger partial charge >= 0.3 is 0 Å². The van der Waals surface area contributed by atoms with E-state index in [1.807, 2.05) is 13.0 Å². The lowest BCUT2D eigenvalue weighted by molar-refractivity contribution is 0.289. The van der Waals surface area contributed by atoms with Gasteiger partial charge in [0.05, 0.1) is 5.52 Å². The molecule has 8 nitrogen and oxygen atoms in total. The van der Waals surface area contributed by atoms with Gasteiger partial charge in [-0.25, -0.2) is 0 Å². The monoisotopic (exact) mass is 639 g/mol. The molecule has 5 aromatic rings. The molecular weight excluding hydrogens is 601 g/mol. The molecule has 5 heterocycles. The number of halogens is 2. The molecule has 0 bridgehead atoms. The van der Waals surface area contributed by atoms with Crippen LogP contribution >= 0.6 is 36.6 Å². The van der Waals surface area contributed by atoms with Crippen LogP contribution in [0.1, 0.15) is 42.5 Å². The van der Waals surface area contributed by atoms with Gasteiger partial charge in [0.1, 0.15) is 5.52 Å². The largest absolute Gasteiger partial charge is 0.423 e. The normalized spacial score (nSPS) is 15.6. The first kappa shape index (κ1) is 31.6. The van der Waals surface area contributed by atoms with E-state index in [1.165, 1.54) is 30.4 Å². The Hall–Kier alpha value is -2.85. The first-order valence-corrected chi connectivity index (χ1v) is 15.9. The average molecular weight is 641 g/mol. The second kappa shape index (κ2) is 13.8. The van der Waals surface area contributed by atoms with Crippen LogP contribution in [0.5, 0.6) is 0 Å². The summed E-state index contributed by atoms with van der Waals surface area (Å²) in [5.74, 6) is 1.90. The van der Waals surface area contributed by atoms with Crippen LogP contribution in [0.3, 0.4) is 0 Å². The highest BCUT2D eigenvalue weighted by atomic mass is 35.5. The summed E-state index contributed by atoms with van der Waals surface area (Å²) < 4.78 is 8.32. The van der Waals surface area contributed by atoms with Crippen molar-refractivity contribution in [2.24, 2.45) is 7.05 Å². The molecule has 228 valence electrons. The van der Waals surface area contributed by atoms with Gasteiger partial charge in [-0.3, -0.25) is 4.98 Å². The Balaban J connectivity index is 0.00000184. The van der Waals surface area contributed by atoms with E-state index >= 15 is 0 Å². The van der Waals surface area contributed by atoms with Crippen molar-refractivity contribution in [3.05, 3.63) is 59.3 Å². The minimum atomic E-state index is 0. The zero-order valence-electron chi connectivity index (χ0n) is 24.8. The maximum Gasteiger partial charge on any atom is 0.298 e. The van der Waals surface area contributed by atoms with E-state index in [4.69, 9.17) is 9.40 Å². The third-order valence-corrected chi connectivity index (χ3v) is 9.62. The third kappa shape index (κ3) is 6.65. The number of thioether (sulfide) groups is 1. The van der Waals surface area contributed by atoms with Gasteiger partial charge in [-0.15, -0.1) is 35.0 Å². The molecule has 2 aliphatic heterocycles. The van der Waals surface area contributed by atoms with E-state index in [1.54, 1.807) is 11.8 Å². The Morgan fingerprint density at radius 1 is 0.860 bits per heavy atom. The Kier molecular flexibility index (Phi) is 10.2. The fourth-order valence-electron chi connectivity index (χ4n) is 6.20. The van der Waals surface area contributed by atoms with Crippen molar-refractivity contribution < 1.29 is 4.42 Å². The number of benzene rings is 2. The van der Waals surface area contributed by atoms with E-state index < -0.39 is 0 Å². The quantitative estimate of drug-likeness (QED) is 0.141. The standard InChI is InChI=1S/C32H37N7OS.2ClH/c1-22-10-11-25-26(8-6-9-27(25)33-22)30-35-36-32(37(30)2)41-19-7-14-38-17-12-23-20-28-29(21-24(23)13-18-38)40-31(34-28)39-15-4-3-5-16-39;;/h6,8-11,20-21H,3-5,7,12-19H2,1-2H3;2*1H. The zero-order chi connectivity index (χ0) is 27.8. The molecule has 0 spiro atoms. The number of piperidine rings is 1. The SMILES string of the molecule is Cc1ccc2c(-c3nnc(SCCCN4CCc5cc6nc(N7CCCCC7)oc6cc5CC4)n3C)cccc2n1.Cl.Cl. The molecule has 0 aliphatic carbocycles.